The van der Waals surface area contributed by atoms with E-state index in [0.717, 1.165) is 32.4 Å². The topological polar surface area (TPSA) is 73.5 Å². The summed E-state index contributed by atoms with van der Waals surface area (Å²) < 4.78 is 0. The minimum atomic E-state index is -0.384. The van der Waals surface area contributed by atoms with E-state index in [1.54, 1.807) is 11.0 Å². The van der Waals surface area contributed by atoms with Gasteiger partial charge in [-0.2, -0.15) is 0 Å². The number of nitrogens with zero attached hydrogens (tertiary/aromatic N) is 2. The summed E-state index contributed by atoms with van der Waals surface area (Å²) in [6.07, 6.45) is 6.60. The van der Waals surface area contributed by atoms with Gasteiger partial charge in [0, 0.05) is 38.4 Å². The van der Waals surface area contributed by atoms with Crippen LogP contribution in [0.3, 0.4) is 0 Å². The number of rotatable bonds is 3. The van der Waals surface area contributed by atoms with E-state index < -0.39 is 0 Å². The maximum absolute atomic E-state index is 13.0. The molecule has 0 radical (unpaired) electrons. The van der Waals surface area contributed by atoms with E-state index in [2.05, 4.69) is 4.98 Å². The molecule has 2 saturated heterocycles. The lowest BCUT2D eigenvalue weighted by Gasteiger charge is -2.39. The molecule has 1 aliphatic carbocycles. The van der Waals surface area contributed by atoms with E-state index in [-0.39, 0.29) is 22.8 Å². The Bertz CT molecular complexity index is 704. The average Bonchev–Trinajstić information content (AvgIpc) is 3.30. The van der Waals surface area contributed by atoms with Gasteiger partial charge in [0.05, 0.1) is 11.0 Å². The highest BCUT2D eigenvalue weighted by Gasteiger charge is 2.49. The number of nitrogens with one attached hydrogen (secondary N) is 1. The summed E-state index contributed by atoms with van der Waals surface area (Å²) in [5.41, 5.74) is -0.127. The Morgan fingerprint density at radius 3 is 2.75 bits per heavy atom. The molecule has 2 amide bonds. The molecule has 4 rings (SSSR count). The summed E-state index contributed by atoms with van der Waals surface area (Å²) in [6, 6.07) is 2.91. The van der Waals surface area contributed by atoms with Crippen LogP contribution in [0.4, 0.5) is 0 Å². The number of hydrogen-bond donors (Lipinski definition) is 1. The smallest absolute Gasteiger partial charge is 0.255 e. The second-order valence-electron chi connectivity index (χ2n) is 7.50. The molecule has 2 aliphatic heterocycles. The second kappa shape index (κ2) is 5.76. The van der Waals surface area contributed by atoms with Crippen molar-refractivity contribution in [1.82, 2.24) is 14.8 Å². The van der Waals surface area contributed by atoms with Gasteiger partial charge in [0.1, 0.15) is 0 Å². The minimum Gasteiger partial charge on any atom is -0.342 e. The molecule has 1 aromatic rings. The van der Waals surface area contributed by atoms with Crippen molar-refractivity contribution < 1.29 is 9.59 Å². The third-order valence-corrected chi connectivity index (χ3v) is 5.67. The van der Waals surface area contributed by atoms with Crippen LogP contribution >= 0.6 is 0 Å². The van der Waals surface area contributed by atoms with E-state index in [1.807, 2.05) is 4.90 Å². The molecule has 0 aromatic carbocycles. The van der Waals surface area contributed by atoms with Gasteiger partial charge < -0.3 is 14.8 Å². The third-order valence-electron chi connectivity index (χ3n) is 5.67. The molecule has 1 N–H and O–H groups in total. The Labute approximate surface area is 140 Å². The Hall–Kier alpha value is -2.11. The van der Waals surface area contributed by atoms with Gasteiger partial charge in [-0.15, -0.1) is 0 Å². The van der Waals surface area contributed by atoms with Crippen LogP contribution in [0.1, 0.15) is 42.5 Å². The van der Waals surface area contributed by atoms with Crippen LogP contribution in [0.15, 0.2) is 23.1 Å². The number of H-pyrrole nitrogens is 1. The van der Waals surface area contributed by atoms with E-state index >= 15 is 0 Å². The summed E-state index contributed by atoms with van der Waals surface area (Å²) in [5, 5.41) is 0. The van der Waals surface area contributed by atoms with Crippen LogP contribution < -0.4 is 5.56 Å². The van der Waals surface area contributed by atoms with Crippen molar-refractivity contribution in [1.29, 1.82) is 0 Å². The van der Waals surface area contributed by atoms with Crippen molar-refractivity contribution in [3.8, 4) is 0 Å². The Morgan fingerprint density at radius 1 is 1.21 bits per heavy atom. The van der Waals surface area contributed by atoms with Crippen LogP contribution in [-0.4, -0.2) is 52.8 Å². The van der Waals surface area contributed by atoms with Gasteiger partial charge >= 0.3 is 0 Å². The standard InChI is InChI=1S/C18H23N3O3/c22-15-5-4-14(10-19-15)16(23)21-9-7-18(12-21)6-1-8-20(17(18)24)11-13-2-3-13/h4-5,10,13H,1-3,6-9,11-12H2,(H,19,22). The number of amides is 2. The predicted molar refractivity (Wildman–Crippen MR) is 88.6 cm³/mol. The van der Waals surface area contributed by atoms with Crippen LogP contribution in [0.2, 0.25) is 0 Å². The van der Waals surface area contributed by atoms with Gasteiger partial charge in [0.2, 0.25) is 11.5 Å². The number of carbonyl (C=O) groups excluding carboxylic acids is 2. The molecular weight excluding hydrogens is 306 g/mol. The lowest BCUT2D eigenvalue weighted by atomic mass is 9.78. The first kappa shape index (κ1) is 15.4. The van der Waals surface area contributed by atoms with Crippen molar-refractivity contribution in [3.63, 3.8) is 0 Å². The maximum atomic E-state index is 13.0. The fourth-order valence-corrected chi connectivity index (χ4v) is 4.09. The summed E-state index contributed by atoms with van der Waals surface area (Å²) in [5.74, 6) is 0.844. The number of pyridine rings is 1. The van der Waals surface area contributed by atoms with E-state index in [4.69, 9.17) is 0 Å². The Balaban J connectivity index is 1.48. The first-order chi connectivity index (χ1) is 11.6. The molecule has 1 spiro atoms. The summed E-state index contributed by atoms with van der Waals surface area (Å²) in [7, 11) is 0. The quantitative estimate of drug-likeness (QED) is 0.907. The van der Waals surface area contributed by atoms with Crippen molar-refractivity contribution in [2.45, 2.75) is 32.1 Å². The molecule has 3 heterocycles. The van der Waals surface area contributed by atoms with Crippen LogP contribution in [0, 0.1) is 11.3 Å². The SMILES string of the molecule is O=C(c1ccc(=O)[nH]c1)N1CCC2(CCCN(CC3CC3)C2=O)C1. The number of carbonyl (C=O) groups is 2. The van der Waals surface area contributed by atoms with Gasteiger partial charge in [-0.25, -0.2) is 0 Å². The van der Waals surface area contributed by atoms with Gasteiger partial charge in [0.15, 0.2) is 0 Å². The highest BCUT2D eigenvalue weighted by atomic mass is 16.2. The van der Waals surface area contributed by atoms with Gasteiger partial charge in [-0.1, -0.05) is 0 Å². The van der Waals surface area contributed by atoms with Crippen LogP contribution in [-0.2, 0) is 4.79 Å². The summed E-state index contributed by atoms with van der Waals surface area (Å²) in [6.45, 7) is 2.88. The zero-order valence-electron chi connectivity index (χ0n) is 13.8. The van der Waals surface area contributed by atoms with Crippen LogP contribution in [0.5, 0.6) is 0 Å². The first-order valence-corrected chi connectivity index (χ1v) is 8.85. The molecule has 128 valence electrons. The van der Waals surface area contributed by atoms with E-state index in [9.17, 15) is 14.4 Å². The van der Waals surface area contributed by atoms with Gasteiger partial charge in [-0.05, 0) is 44.1 Å². The van der Waals surface area contributed by atoms with Crippen molar-refractivity contribution >= 4 is 11.8 Å². The fraction of sp³-hybridized carbons (Fsp3) is 0.611. The molecular formula is C18H23N3O3. The highest BCUT2D eigenvalue weighted by Crippen LogP contribution is 2.42. The molecule has 1 atom stereocenters. The first-order valence-electron chi connectivity index (χ1n) is 8.85. The zero-order chi connectivity index (χ0) is 16.7. The highest BCUT2D eigenvalue weighted by molar-refractivity contribution is 5.95. The third kappa shape index (κ3) is 2.74. The Morgan fingerprint density at radius 2 is 2.04 bits per heavy atom. The summed E-state index contributed by atoms with van der Waals surface area (Å²) in [4.78, 5) is 43.1. The lowest BCUT2D eigenvalue weighted by molar-refractivity contribution is -0.145. The minimum absolute atomic E-state index is 0.102. The summed E-state index contributed by atoms with van der Waals surface area (Å²) >= 11 is 0. The molecule has 6 nitrogen and oxygen atoms in total. The van der Waals surface area contributed by atoms with Crippen molar-refractivity contribution in [3.05, 3.63) is 34.2 Å². The fourth-order valence-electron chi connectivity index (χ4n) is 4.09. The molecule has 3 fully saturated rings. The maximum Gasteiger partial charge on any atom is 0.255 e. The normalized spacial score (nSPS) is 27.1. The molecule has 3 aliphatic rings. The number of aromatic amines is 1. The van der Waals surface area contributed by atoms with Gasteiger partial charge in [0.25, 0.3) is 5.91 Å². The zero-order valence-corrected chi connectivity index (χ0v) is 13.8. The predicted octanol–water partition coefficient (Wildman–Crippen LogP) is 1.24. The number of aromatic nitrogens is 1. The molecule has 24 heavy (non-hydrogen) atoms. The average molecular weight is 329 g/mol. The molecule has 0 bridgehead atoms. The lowest BCUT2D eigenvalue weighted by Crippen LogP contribution is -2.50. The molecule has 6 heteroatoms. The molecule has 1 aromatic heterocycles. The van der Waals surface area contributed by atoms with Crippen molar-refractivity contribution in [2.75, 3.05) is 26.2 Å². The number of hydrogen-bond acceptors (Lipinski definition) is 3. The molecule has 1 saturated carbocycles. The van der Waals surface area contributed by atoms with Crippen molar-refractivity contribution in [2.24, 2.45) is 11.3 Å². The van der Waals surface area contributed by atoms with E-state index in [0.29, 0.717) is 24.6 Å². The second-order valence-corrected chi connectivity index (χ2v) is 7.50. The van der Waals surface area contributed by atoms with Gasteiger partial charge in [-0.3, -0.25) is 14.4 Å². The molecule has 1 unspecified atom stereocenters. The van der Waals surface area contributed by atoms with Crippen LogP contribution in [0.25, 0.3) is 0 Å². The van der Waals surface area contributed by atoms with E-state index in [1.165, 1.54) is 25.1 Å². The largest absolute Gasteiger partial charge is 0.342 e. The number of piperidine rings is 1. The number of likely N-dealkylation sites (tertiary alicyclic amines) is 2. The Kier molecular flexibility index (Phi) is 3.70. The monoisotopic (exact) mass is 329 g/mol.